The van der Waals surface area contributed by atoms with E-state index < -0.39 is 23.8 Å². The molecule has 1 aliphatic carbocycles. The van der Waals surface area contributed by atoms with E-state index in [9.17, 15) is 27.2 Å². The summed E-state index contributed by atoms with van der Waals surface area (Å²) in [7, 11) is 0. The summed E-state index contributed by atoms with van der Waals surface area (Å²) >= 11 is 0. The van der Waals surface area contributed by atoms with Gasteiger partial charge in [-0.25, -0.2) is 4.39 Å². The number of nitrogens with zero attached hydrogens (tertiary/aromatic N) is 1. The highest BCUT2D eigenvalue weighted by Gasteiger charge is 2.31. The van der Waals surface area contributed by atoms with Crippen molar-refractivity contribution in [1.29, 1.82) is 0 Å². The quantitative estimate of drug-likeness (QED) is 0.727. The summed E-state index contributed by atoms with van der Waals surface area (Å²) in [4.78, 5) is 28.2. The molecular weight excluding hydrogens is 380 g/mol. The van der Waals surface area contributed by atoms with Crippen LogP contribution < -0.4 is 10.1 Å². The molecular formula is C19H16F4N2O3. The lowest BCUT2D eigenvalue weighted by Crippen LogP contribution is -2.24. The number of aromatic nitrogens is 1. The van der Waals surface area contributed by atoms with Crippen molar-refractivity contribution in [3.8, 4) is 5.75 Å². The van der Waals surface area contributed by atoms with E-state index >= 15 is 0 Å². The first kappa shape index (κ1) is 19.8. The topological polar surface area (TPSA) is 68.3 Å². The van der Waals surface area contributed by atoms with Crippen molar-refractivity contribution in [2.75, 3.05) is 0 Å². The van der Waals surface area contributed by atoms with Gasteiger partial charge in [0.2, 0.25) is 0 Å². The zero-order valence-electron chi connectivity index (χ0n) is 14.6. The summed E-state index contributed by atoms with van der Waals surface area (Å²) in [6.07, 6.45) is -1.62. The maximum Gasteiger partial charge on any atom is 0.573 e. The van der Waals surface area contributed by atoms with E-state index in [4.69, 9.17) is 0 Å². The van der Waals surface area contributed by atoms with Crippen LogP contribution in [0, 0.1) is 11.7 Å². The molecule has 28 heavy (non-hydrogen) atoms. The largest absolute Gasteiger partial charge is 0.573 e. The number of halogens is 4. The van der Waals surface area contributed by atoms with Crippen LogP contribution in [0.5, 0.6) is 5.75 Å². The van der Waals surface area contributed by atoms with E-state index in [1.165, 1.54) is 18.3 Å². The van der Waals surface area contributed by atoms with Crippen LogP contribution in [0.2, 0.25) is 0 Å². The van der Waals surface area contributed by atoms with Crippen molar-refractivity contribution in [3.63, 3.8) is 0 Å². The number of hydrogen-bond acceptors (Lipinski definition) is 4. The monoisotopic (exact) mass is 396 g/mol. The molecule has 1 aliphatic rings. The highest BCUT2D eigenvalue weighted by Crippen LogP contribution is 2.30. The molecule has 1 aromatic carbocycles. The number of ether oxygens (including phenoxy) is 1. The zero-order chi connectivity index (χ0) is 20.3. The molecule has 1 amide bonds. The molecule has 9 heteroatoms. The summed E-state index contributed by atoms with van der Waals surface area (Å²) < 4.78 is 54.4. The van der Waals surface area contributed by atoms with Gasteiger partial charge < -0.3 is 10.1 Å². The molecule has 2 aromatic rings. The Bertz CT molecular complexity index is 895. The fraction of sp³-hybridized carbons (Fsp3) is 0.316. The van der Waals surface area contributed by atoms with Gasteiger partial charge in [-0.2, -0.15) is 0 Å². The second-order valence-corrected chi connectivity index (χ2v) is 6.44. The number of alkyl halides is 3. The molecule has 0 atom stereocenters. The van der Waals surface area contributed by atoms with Crippen LogP contribution in [0.1, 0.15) is 34.5 Å². The molecule has 148 valence electrons. The molecule has 0 aliphatic heterocycles. The van der Waals surface area contributed by atoms with Gasteiger partial charge in [0.05, 0.1) is 0 Å². The molecule has 0 radical (unpaired) electrons. The van der Waals surface area contributed by atoms with E-state index in [0.29, 0.717) is 5.69 Å². The highest BCUT2D eigenvalue weighted by molar-refractivity contribution is 5.94. The third kappa shape index (κ3) is 5.51. The van der Waals surface area contributed by atoms with Crippen LogP contribution in [-0.2, 0) is 17.8 Å². The normalized spacial score (nSPS) is 13.9. The van der Waals surface area contributed by atoms with Crippen LogP contribution in [0.25, 0.3) is 0 Å². The zero-order valence-corrected chi connectivity index (χ0v) is 14.6. The Hall–Kier alpha value is -2.97. The molecule has 5 nitrogen and oxygen atoms in total. The Morgan fingerprint density at radius 3 is 2.61 bits per heavy atom. The number of carbonyl (C=O) groups is 2. The number of hydrogen-bond donors (Lipinski definition) is 1. The highest BCUT2D eigenvalue weighted by atomic mass is 19.4. The Kier molecular flexibility index (Phi) is 5.62. The molecule has 1 aromatic heterocycles. The summed E-state index contributed by atoms with van der Waals surface area (Å²) in [5, 5.41) is 2.43. The number of ketones is 1. The molecule has 0 unspecified atom stereocenters. The fourth-order valence-electron chi connectivity index (χ4n) is 2.61. The lowest BCUT2D eigenvalue weighted by Gasteiger charge is -2.11. The number of benzene rings is 1. The Morgan fingerprint density at radius 1 is 1.18 bits per heavy atom. The van der Waals surface area contributed by atoms with Gasteiger partial charge in [-0.3, -0.25) is 14.6 Å². The number of carbonyl (C=O) groups excluding carboxylic acids is 2. The molecule has 0 bridgehead atoms. The predicted octanol–water partition coefficient (Wildman–Crippen LogP) is 3.57. The van der Waals surface area contributed by atoms with Gasteiger partial charge in [0, 0.05) is 41.9 Å². The van der Waals surface area contributed by atoms with Crippen LogP contribution >= 0.6 is 0 Å². The van der Waals surface area contributed by atoms with Crippen molar-refractivity contribution >= 4 is 11.7 Å². The summed E-state index contributed by atoms with van der Waals surface area (Å²) in [6, 6.07) is 5.45. The minimum Gasteiger partial charge on any atom is -0.406 e. The van der Waals surface area contributed by atoms with E-state index in [-0.39, 0.29) is 35.8 Å². The number of nitrogens with one attached hydrogen (secondary N) is 1. The first-order chi connectivity index (χ1) is 13.2. The standard InChI is InChI=1S/C19H16F4N2O3/c20-16-4-3-15(28-19(21,22)23)8-13(16)10-25-18(27)12-5-6-24-14(7-12)9-17(26)11-1-2-11/h3-8,11H,1-2,9-10H2,(H,25,27). The number of pyridine rings is 1. The van der Waals surface area contributed by atoms with Crippen molar-refractivity contribution in [2.45, 2.75) is 32.2 Å². The summed E-state index contributed by atoms with van der Waals surface area (Å²) in [5.74, 6) is -1.77. The number of amides is 1. The predicted molar refractivity (Wildman–Crippen MR) is 89.9 cm³/mol. The Balaban J connectivity index is 1.63. The molecule has 0 saturated heterocycles. The number of rotatable bonds is 7. The maximum absolute atomic E-state index is 13.8. The van der Waals surface area contributed by atoms with Gasteiger partial charge in [0.1, 0.15) is 17.3 Å². The molecule has 3 rings (SSSR count). The van der Waals surface area contributed by atoms with Crippen molar-refractivity contribution in [2.24, 2.45) is 5.92 Å². The molecule has 0 spiro atoms. The van der Waals surface area contributed by atoms with Crippen LogP contribution in [0.4, 0.5) is 17.6 Å². The van der Waals surface area contributed by atoms with Gasteiger partial charge in [-0.1, -0.05) is 0 Å². The van der Waals surface area contributed by atoms with Crippen molar-refractivity contribution in [3.05, 3.63) is 59.2 Å². The average Bonchev–Trinajstić information content (AvgIpc) is 3.46. The van der Waals surface area contributed by atoms with Crippen molar-refractivity contribution < 1.29 is 31.9 Å². The van der Waals surface area contributed by atoms with E-state index in [1.807, 2.05) is 0 Å². The third-order valence-corrected chi connectivity index (χ3v) is 4.16. The third-order valence-electron chi connectivity index (χ3n) is 4.16. The van der Waals surface area contributed by atoms with Crippen LogP contribution in [-0.4, -0.2) is 23.0 Å². The molecule has 1 fully saturated rings. The average molecular weight is 396 g/mol. The lowest BCUT2D eigenvalue weighted by atomic mass is 10.1. The molecule has 1 N–H and O–H groups in total. The van der Waals surface area contributed by atoms with E-state index in [1.54, 1.807) is 0 Å². The Morgan fingerprint density at radius 2 is 1.93 bits per heavy atom. The first-order valence-corrected chi connectivity index (χ1v) is 8.51. The van der Waals surface area contributed by atoms with Crippen LogP contribution in [0.3, 0.4) is 0 Å². The summed E-state index contributed by atoms with van der Waals surface area (Å²) in [6.45, 7) is -0.335. The Labute approximate surface area is 157 Å². The molecule has 1 heterocycles. The van der Waals surface area contributed by atoms with Gasteiger partial charge in [-0.15, -0.1) is 13.2 Å². The van der Waals surface area contributed by atoms with Gasteiger partial charge in [0.15, 0.2) is 0 Å². The van der Waals surface area contributed by atoms with E-state index in [0.717, 1.165) is 31.0 Å². The second kappa shape index (κ2) is 7.95. The lowest BCUT2D eigenvalue weighted by molar-refractivity contribution is -0.274. The SMILES string of the molecule is O=C(NCc1cc(OC(F)(F)F)ccc1F)c1ccnc(CC(=O)C2CC2)c1. The van der Waals surface area contributed by atoms with Gasteiger partial charge in [0.25, 0.3) is 5.91 Å². The van der Waals surface area contributed by atoms with Crippen molar-refractivity contribution in [1.82, 2.24) is 10.3 Å². The smallest absolute Gasteiger partial charge is 0.406 e. The second-order valence-electron chi connectivity index (χ2n) is 6.44. The van der Waals surface area contributed by atoms with Gasteiger partial charge in [-0.05, 0) is 43.2 Å². The first-order valence-electron chi connectivity index (χ1n) is 8.51. The van der Waals surface area contributed by atoms with Crippen LogP contribution in [0.15, 0.2) is 36.5 Å². The minimum atomic E-state index is -4.90. The van der Waals surface area contributed by atoms with Gasteiger partial charge >= 0.3 is 6.36 Å². The molecule has 1 saturated carbocycles. The summed E-state index contributed by atoms with van der Waals surface area (Å²) in [5.41, 5.74) is 0.515. The fourth-order valence-corrected chi connectivity index (χ4v) is 2.61. The van der Waals surface area contributed by atoms with E-state index in [2.05, 4.69) is 15.0 Å². The minimum absolute atomic E-state index is 0.0773. The number of Topliss-reactive ketones (excluding diaryl/α,β-unsaturated/α-hetero) is 1. The maximum atomic E-state index is 13.8.